The molecule has 0 aliphatic heterocycles. The van der Waals surface area contributed by atoms with Crippen LogP contribution >= 0.6 is 27.3 Å². The molecule has 2 rings (SSSR count). The van der Waals surface area contributed by atoms with Gasteiger partial charge in [0.25, 0.3) is 0 Å². The van der Waals surface area contributed by atoms with E-state index < -0.39 is 0 Å². The molecule has 96 valence electrons. The highest BCUT2D eigenvalue weighted by molar-refractivity contribution is 9.11. The number of thiophene rings is 1. The lowest BCUT2D eigenvalue weighted by molar-refractivity contribution is 0.414. The summed E-state index contributed by atoms with van der Waals surface area (Å²) < 4.78 is 6.34. The second-order valence-electron chi connectivity index (χ2n) is 3.92. The van der Waals surface area contributed by atoms with Gasteiger partial charge in [0, 0.05) is 4.88 Å². The van der Waals surface area contributed by atoms with Gasteiger partial charge in [-0.2, -0.15) is 0 Å². The first-order valence-corrected chi connectivity index (χ1v) is 7.18. The van der Waals surface area contributed by atoms with Gasteiger partial charge in [0.15, 0.2) is 0 Å². The van der Waals surface area contributed by atoms with Crippen LogP contribution < -0.4 is 16.0 Å². The minimum atomic E-state index is 0.119. The van der Waals surface area contributed by atoms with Crippen molar-refractivity contribution in [2.45, 2.75) is 12.5 Å². The van der Waals surface area contributed by atoms with Crippen LogP contribution in [0.1, 0.15) is 16.5 Å². The maximum absolute atomic E-state index is 5.64. The van der Waals surface area contributed by atoms with Crippen molar-refractivity contribution >= 4 is 27.3 Å². The number of rotatable bonds is 5. The molecule has 0 amide bonds. The van der Waals surface area contributed by atoms with Crippen molar-refractivity contribution in [1.29, 1.82) is 0 Å². The lowest BCUT2D eigenvalue weighted by Gasteiger charge is -2.14. The minimum Gasteiger partial charge on any atom is -0.497 e. The fourth-order valence-electron chi connectivity index (χ4n) is 1.79. The summed E-state index contributed by atoms with van der Waals surface area (Å²) in [6.07, 6.45) is 0.834. The highest BCUT2D eigenvalue weighted by Gasteiger charge is 2.13. The Morgan fingerprint density at radius 3 is 2.83 bits per heavy atom. The van der Waals surface area contributed by atoms with Gasteiger partial charge in [-0.3, -0.25) is 11.3 Å². The van der Waals surface area contributed by atoms with Crippen LogP contribution in [0.5, 0.6) is 5.75 Å². The molecule has 1 atom stereocenters. The molecule has 5 heteroatoms. The Morgan fingerprint density at radius 2 is 2.22 bits per heavy atom. The third kappa shape index (κ3) is 3.32. The number of nitrogens with two attached hydrogens (primary N) is 1. The van der Waals surface area contributed by atoms with Gasteiger partial charge in [-0.05, 0) is 52.2 Å². The molecule has 1 unspecified atom stereocenters. The zero-order chi connectivity index (χ0) is 13.0. The fraction of sp³-hybridized carbons (Fsp3) is 0.231. The van der Waals surface area contributed by atoms with Gasteiger partial charge in [-0.25, -0.2) is 0 Å². The molecule has 3 nitrogen and oxygen atoms in total. The number of hydrazine groups is 1. The van der Waals surface area contributed by atoms with Crippen molar-refractivity contribution in [3.05, 3.63) is 50.6 Å². The van der Waals surface area contributed by atoms with Crippen LogP contribution in [-0.4, -0.2) is 7.11 Å². The van der Waals surface area contributed by atoms with E-state index in [1.54, 1.807) is 18.4 Å². The van der Waals surface area contributed by atoms with E-state index in [2.05, 4.69) is 33.5 Å². The summed E-state index contributed by atoms with van der Waals surface area (Å²) in [5, 5.41) is 0. The molecule has 0 aliphatic rings. The molecule has 0 spiro atoms. The molecule has 18 heavy (non-hydrogen) atoms. The summed E-state index contributed by atoms with van der Waals surface area (Å²) in [5.74, 6) is 6.51. The summed E-state index contributed by atoms with van der Waals surface area (Å²) in [6, 6.07) is 12.3. The predicted octanol–water partition coefficient (Wildman–Crippen LogP) is 3.27. The van der Waals surface area contributed by atoms with Gasteiger partial charge < -0.3 is 4.74 Å². The van der Waals surface area contributed by atoms with Crippen LogP contribution in [0.4, 0.5) is 0 Å². The first-order chi connectivity index (χ1) is 8.72. The first-order valence-electron chi connectivity index (χ1n) is 5.57. The number of benzene rings is 1. The number of halogens is 1. The summed E-state index contributed by atoms with van der Waals surface area (Å²) in [6.45, 7) is 0. The Morgan fingerprint density at radius 1 is 1.39 bits per heavy atom. The quantitative estimate of drug-likeness (QED) is 0.654. The third-order valence-corrected chi connectivity index (χ3v) is 4.45. The summed E-state index contributed by atoms with van der Waals surface area (Å²) in [7, 11) is 1.67. The van der Waals surface area contributed by atoms with Gasteiger partial charge in [-0.15, -0.1) is 11.3 Å². The molecular formula is C13H15BrN2OS. The van der Waals surface area contributed by atoms with Crippen LogP contribution in [0, 0.1) is 0 Å². The summed E-state index contributed by atoms with van der Waals surface area (Å²) in [4.78, 5) is 1.21. The topological polar surface area (TPSA) is 47.3 Å². The van der Waals surface area contributed by atoms with Gasteiger partial charge in [0.05, 0.1) is 16.9 Å². The van der Waals surface area contributed by atoms with Crippen LogP contribution in [0.15, 0.2) is 40.2 Å². The van der Waals surface area contributed by atoms with Crippen molar-refractivity contribution in [2.75, 3.05) is 7.11 Å². The Labute approximate surface area is 119 Å². The van der Waals surface area contributed by atoms with Crippen LogP contribution in [0.2, 0.25) is 0 Å². The Bertz CT molecular complexity index is 515. The molecular weight excluding hydrogens is 312 g/mol. The average molecular weight is 327 g/mol. The van der Waals surface area contributed by atoms with E-state index in [9.17, 15) is 0 Å². The SMILES string of the molecule is COc1cccc(CC(NN)c2ccc(Br)s2)c1. The zero-order valence-electron chi connectivity index (χ0n) is 10.0. The van der Waals surface area contributed by atoms with Gasteiger partial charge >= 0.3 is 0 Å². The van der Waals surface area contributed by atoms with Crippen molar-refractivity contribution in [3.8, 4) is 5.75 Å². The van der Waals surface area contributed by atoms with Crippen LogP contribution in [0.3, 0.4) is 0 Å². The monoisotopic (exact) mass is 326 g/mol. The third-order valence-electron chi connectivity index (χ3n) is 2.71. The summed E-state index contributed by atoms with van der Waals surface area (Å²) >= 11 is 5.16. The van der Waals surface area contributed by atoms with E-state index in [0.717, 1.165) is 16.0 Å². The van der Waals surface area contributed by atoms with E-state index in [0.29, 0.717) is 0 Å². The number of methoxy groups -OCH3 is 1. The Kier molecular flexibility index (Phi) is 4.77. The lowest BCUT2D eigenvalue weighted by atomic mass is 10.1. The molecule has 1 aromatic heterocycles. The Hall–Kier alpha value is -0.880. The predicted molar refractivity (Wildman–Crippen MR) is 78.8 cm³/mol. The molecule has 3 N–H and O–H groups in total. The van der Waals surface area contributed by atoms with E-state index in [4.69, 9.17) is 10.6 Å². The summed E-state index contributed by atoms with van der Waals surface area (Å²) in [5.41, 5.74) is 4.06. The largest absolute Gasteiger partial charge is 0.497 e. The molecule has 0 saturated heterocycles. The minimum absolute atomic E-state index is 0.119. The highest BCUT2D eigenvalue weighted by Crippen LogP contribution is 2.29. The molecule has 0 saturated carbocycles. The number of hydrogen-bond donors (Lipinski definition) is 2. The smallest absolute Gasteiger partial charge is 0.119 e. The molecule has 0 bridgehead atoms. The standard InChI is InChI=1S/C13H15BrN2OS/c1-17-10-4-2-3-9(7-10)8-11(16-15)12-5-6-13(14)18-12/h2-7,11,16H,8,15H2,1H3. The molecule has 0 fully saturated rings. The lowest BCUT2D eigenvalue weighted by Crippen LogP contribution is -2.28. The van der Waals surface area contributed by atoms with Crippen molar-refractivity contribution < 1.29 is 4.74 Å². The van der Waals surface area contributed by atoms with E-state index in [1.807, 2.05) is 24.3 Å². The molecule has 0 radical (unpaired) electrons. The molecule has 1 aromatic carbocycles. The van der Waals surface area contributed by atoms with Gasteiger partial charge in [-0.1, -0.05) is 12.1 Å². The number of ether oxygens (including phenoxy) is 1. The average Bonchev–Trinajstić information content (AvgIpc) is 2.82. The van der Waals surface area contributed by atoms with Crippen LogP contribution in [0.25, 0.3) is 0 Å². The number of nitrogens with one attached hydrogen (secondary N) is 1. The zero-order valence-corrected chi connectivity index (χ0v) is 12.4. The van der Waals surface area contributed by atoms with E-state index in [-0.39, 0.29) is 6.04 Å². The van der Waals surface area contributed by atoms with Crippen molar-refractivity contribution in [2.24, 2.45) is 5.84 Å². The second-order valence-corrected chi connectivity index (χ2v) is 6.41. The second kappa shape index (κ2) is 6.33. The van der Waals surface area contributed by atoms with E-state index >= 15 is 0 Å². The first kappa shape index (κ1) is 13.5. The van der Waals surface area contributed by atoms with E-state index in [1.165, 1.54) is 10.4 Å². The van der Waals surface area contributed by atoms with Crippen LogP contribution in [-0.2, 0) is 6.42 Å². The fourth-order valence-corrected chi connectivity index (χ4v) is 3.28. The normalized spacial score (nSPS) is 12.4. The number of hydrogen-bond acceptors (Lipinski definition) is 4. The van der Waals surface area contributed by atoms with Gasteiger partial charge in [0.2, 0.25) is 0 Å². The molecule has 1 heterocycles. The maximum atomic E-state index is 5.64. The van der Waals surface area contributed by atoms with Gasteiger partial charge in [0.1, 0.15) is 5.75 Å². The Balaban J connectivity index is 2.14. The van der Waals surface area contributed by atoms with Crippen molar-refractivity contribution in [3.63, 3.8) is 0 Å². The van der Waals surface area contributed by atoms with Crippen molar-refractivity contribution in [1.82, 2.24) is 5.43 Å². The highest BCUT2D eigenvalue weighted by atomic mass is 79.9. The molecule has 0 aliphatic carbocycles. The maximum Gasteiger partial charge on any atom is 0.119 e. The molecule has 2 aromatic rings.